The standard InChI is InChI=1S/C21H26O6S/c22-17(23)11-7-2-1-6-10-15-16(19-21-20(27-21)18(15)26-19)12-13-28(24,25)14-8-4-3-5-9-14/h1,3-6,8-9,15-16,18-21H,2,7,10-13H2,(H,22,23)/b6-1-/t15-,16+,18+,19-,20-,21+/m0/s1. The summed E-state index contributed by atoms with van der Waals surface area (Å²) in [6.07, 6.45) is 7.44. The van der Waals surface area contributed by atoms with E-state index in [9.17, 15) is 13.2 Å². The van der Waals surface area contributed by atoms with Crippen LogP contribution in [0.5, 0.6) is 0 Å². The smallest absolute Gasteiger partial charge is 0.303 e. The van der Waals surface area contributed by atoms with E-state index in [0.29, 0.717) is 17.7 Å². The number of benzene rings is 1. The summed E-state index contributed by atoms with van der Waals surface area (Å²) in [6, 6.07) is 8.59. The Morgan fingerprint density at radius 1 is 1.00 bits per heavy atom. The zero-order valence-electron chi connectivity index (χ0n) is 15.6. The lowest BCUT2D eigenvalue weighted by Crippen LogP contribution is -2.33. The van der Waals surface area contributed by atoms with Gasteiger partial charge in [-0.1, -0.05) is 30.4 Å². The minimum atomic E-state index is -3.30. The van der Waals surface area contributed by atoms with Crippen LogP contribution >= 0.6 is 0 Å². The third-order valence-electron chi connectivity index (χ3n) is 6.08. The third kappa shape index (κ3) is 4.02. The number of sulfone groups is 1. The zero-order chi connectivity index (χ0) is 19.7. The number of fused-ring (bicyclic) bond motifs is 5. The summed E-state index contributed by atoms with van der Waals surface area (Å²) in [5, 5.41) is 8.69. The van der Waals surface area contributed by atoms with E-state index in [1.165, 1.54) is 0 Å². The van der Waals surface area contributed by atoms with Crippen molar-refractivity contribution in [3.63, 3.8) is 0 Å². The molecule has 28 heavy (non-hydrogen) atoms. The number of unbranched alkanes of at least 4 members (excludes halogenated alkanes) is 1. The van der Waals surface area contributed by atoms with Crippen molar-refractivity contribution in [1.82, 2.24) is 0 Å². The zero-order valence-corrected chi connectivity index (χ0v) is 16.5. The van der Waals surface area contributed by atoms with Gasteiger partial charge in [-0.2, -0.15) is 0 Å². The Labute approximate surface area is 165 Å². The molecule has 152 valence electrons. The van der Waals surface area contributed by atoms with E-state index in [1.807, 2.05) is 12.1 Å². The second-order valence-corrected chi connectivity index (χ2v) is 9.98. The molecule has 0 radical (unpaired) electrons. The predicted molar refractivity (Wildman–Crippen MR) is 103 cm³/mol. The van der Waals surface area contributed by atoms with Gasteiger partial charge in [-0.05, 0) is 49.7 Å². The summed E-state index contributed by atoms with van der Waals surface area (Å²) in [6.45, 7) is 0. The molecule has 0 unspecified atom stereocenters. The van der Waals surface area contributed by atoms with Gasteiger partial charge >= 0.3 is 5.97 Å². The summed E-state index contributed by atoms with van der Waals surface area (Å²) in [4.78, 5) is 10.9. The first-order valence-electron chi connectivity index (χ1n) is 9.93. The summed E-state index contributed by atoms with van der Waals surface area (Å²) in [5.41, 5.74) is 0. The number of allylic oxidation sites excluding steroid dienone is 2. The van der Waals surface area contributed by atoms with Gasteiger partial charge in [-0.15, -0.1) is 0 Å². The highest BCUT2D eigenvalue weighted by Crippen LogP contribution is 2.55. The second-order valence-electron chi connectivity index (χ2n) is 7.87. The SMILES string of the molecule is O=C(O)CCC/C=C\C[C@H]1[C@@H](CCS(=O)(=O)c2ccccc2)[C@@H]2O[C@H]1[C@@H]1O[C@@H]12. The average molecular weight is 407 g/mol. The van der Waals surface area contributed by atoms with Crippen molar-refractivity contribution in [2.75, 3.05) is 5.75 Å². The summed E-state index contributed by atoms with van der Waals surface area (Å²) < 4.78 is 37.1. The molecule has 1 N–H and O–H groups in total. The summed E-state index contributed by atoms with van der Waals surface area (Å²) in [7, 11) is -3.30. The van der Waals surface area contributed by atoms with Gasteiger partial charge in [0.1, 0.15) is 12.2 Å². The molecule has 0 saturated carbocycles. The van der Waals surface area contributed by atoms with Gasteiger partial charge in [0.2, 0.25) is 0 Å². The van der Waals surface area contributed by atoms with Gasteiger partial charge < -0.3 is 14.6 Å². The van der Waals surface area contributed by atoms with Crippen LogP contribution in [0.1, 0.15) is 32.1 Å². The topological polar surface area (TPSA) is 93.2 Å². The van der Waals surface area contributed by atoms with E-state index < -0.39 is 15.8 Å². The fourth-order valence-corrected chi connectivity index (χ4v) is 6.03. The predicted octanol–water partition coefficient (Wildman–Crippen LogP) is 2.83. The Kier molecular flexibility index (Phi) is 5.58. The van der Waals surface area contributed by atoms with Crippen molar-refractivity contribution in [3.8, 4) is 0 Å². The lowest BCUT2D eigenvalue weighted by atomic mass is 9.76. The van der Waals surface area contributed by atoms with Crippen LogP contribution in [0.3, 0.4) is 0 Å². The Hall–Kier alpha value is -1.70. The first-order valence-corrected chi connectivity index (χ1v) is 11.6. The normalized spacial score (nSPS) is 33.3. The van der Waals surface area contributed by atoms with Crippen LogP contribution in [0, 0.1) is 11.8 Å². The number of ether oxygens (including phenoxy) is 2. The first-order chi connectivity index (χ1) is 13.5. The van der Waals surface area contributed by atoms with Crippen LogP contribution in [0.15, 0.2) is 47.4 Å². The molecule has 3 aliphatic heterocycles. The Balaban J connectivity index is 1.35. The highest BCUT2D eigenvalue weighted by atomic mass is 32.2. The number of carboxylic acids is 1. The molecule has 3 saturated heterocycles. The number of aliphatic carboxylic acids is 1. The third-order valence-corrected chi connectivity index (χ3v) is 7.84. The Bertz CT molecular complexity index is 834. The van der Waals surface area contributed by atoms with Crippen LogP contribution in [0.2, 0.25) is 0 Å². The second kappa shape index (κ2) is 7.97. The minimum Gasteiger partial charge on any atom is -0.481 e. The molecule has 2 bridgehead atoms. The maximum atomic E-state index is 12.6. The molecular weight excluding hydrogens is 380 g/mol. The van der Waals surface area contributed by atoms with Crippen molar-refractivity contribution >= 4 is 15.8 Å². The Morgan fingerprint density at radius 2 is 1.68 bits per heavy atom. The lowest BCUT2D eigenvalue weighted by Gasteiger charge is -2.25. The molecule has 6 nitrogen and oxygen atoms in total. The summed E-state index contributed by atoms with van der Waals surface area (Å²) in [5.74, 6) is -0.220. The van der Waals surface area contributed by atoms with E-state index >= 15 is 0 Å². The maximum absolute atomic E-state index is 12.6. The number of hydrogen-bond acceptors (Lipinski definition) is 5. The highest BCUT2D eigenvalue weighted by molar-refractivity contribution is 7.91. The molecule has 0 aromatic heterocycles. The maximum Gasteiger partial charge on any atom is 0.303 e. The monoisotopic (exact) mass is 406 g/mol. The summed E-state index contributed by atoms with van der Waals surface area (Å²) >= 11 is 0. The quantitative estimate of drug-likeness (QED) is 0.365. The highest BCUT2D eigenvalue weighted by Gasteiger charge is 2.68. The van der Waals surface area contributed by atoms with Crippen molar-refractivity contribution in [1.29, 1.82) is 0 Å². The van der Waals surface area contributed by atoms with Crippen LogP contribution in [-0.4, -0.2) is 49.7 Å². The van der Waals surface area contributed by atoms with E-state index in [1.54, 1.807) is 24.3 Å². The van der Waals surface area contributed by atoms with Gasteiger partial charge in [-0.3, -0.25) is 4.79 Å². The molecule has 4 rings (SSSR count). The number of hydrogen-bond donors (Lipinski definition) is 1. The van der Waals surface area contributed by atoms with Crippen LogP contribution in [-0.2, 0) is 24.1 Å². The molecule has 1 aromatic rings. The number of carboxylic acid groups (broad SMARTS) is 1. The van der Waals surface area contributed by atoms with Gasteiger partial charge in [0, 0.05) is 6.42 Å². The van der Waals surface area contributed by atoms with Gasteiger partial charge in [0.05, 0.1) is 22.9 Å². The number of rotatable bonds is 10. The first kappa shape index (κ1) is 19.6. The van der Waals surface area contributed by atoms with E-state index in [0.717, 1.165) is 12.8 Å². The number of carbonyl (C=O) groups is 1. The van der Waals surface area contributed by atoms with E-state index in [2.05, 4.69) is 6.08 Å². The van der Waals surface area contributed by atoms with Gasteiger partial charge in [0.25, 0.3) is 0 Å². The minimum absolute atomic E-state index is 0.00591. The molecule has 0 aliphatic carbocycles. The molecule has 3 aliphatic rings. The molecule has 1 aromatic carbocycles. The van der Waals surface area contributed by atoms with E-state index in [-0.39, 0.29) is 48.4 Å². The molecular formula is C21H26O6S. The van der Waals surface area contributed by atoms with Gasteiger partial charge in [0.15, 0.2) is 9.84 Å². The average Bonchev–Trinajstić information content (AvgIpc) is 3.30. The van der Waals surface area contributed by atoms with Crippen molar-refractivity contribution in [2.24, 2.45) is 11.8 Å². The molecule has 0 amide bonds. The van der Waals surface area contributed by atoms with Crippen LogP contribution in [0.25, 0.3) is 0 Å². The van der Waals surface area contributed by atoms with Crippen LogP contribution < -0.4 is 0 Å². The van der Waals surface area contributed by atoms with Gasteiger partial charge in [-0.25, -0.2) is 8.42 Å². The Morgan fingerprint density at radius 3 is 2.39 bits per heavy atom. The molecule has 6 atom stereocenters. The fraction of sp³-hybridized carbons (Fsp3) is 0.571. The lowest BCUT2D eigenvalue weighted by molar-refractivity contribution is -0.137. The fourth-order valence-electron chi connectivity index (χ4n) is 4.64. The largest absolute Gasteiger partial charge is 0.481 e. The van der Waals surface area contributed by atoms with E-state index in [4.69, 9.17) is 14.6 Å². The number of epoxide rings is 1. The van der Waals surface area contributed by atoms with Crippen molar-refractivity contribution in [2.45, 2.75) is 61.4 Å². The molecule has 3 fully saturated rings. The molecule has 3 heterocycles. The van der Waals surface area contributed by atoms with Crippen molar-refractivity contribution < 1.29 is 27.8 Å². The molecule has 7 heteroatoms. The molecule has 0 spiro atoms. The van der Waals surface area contributed by atoms with Crippen LogP contribution in [0.4, 0.5) is 0 Å². The van der Waals surface area contributed by atoms with Crippen molar-refractivity contribution in [3.05, 3.63) is 42.5 Å².